The van der Waals surface area contributed by atoms with Gasteiger partial charge in [-0.2, -0.15) is 0 Å². The minimum Gasteiger partial charge on any atom is -0.384 e. The van der Waals surface area contributed by atoms with Crippen molar-refractivity contribution in [2.45, 2.75) is 25.3 Å². The number of carbonyl (C=O) groups excluding carboxylic acids is 1. The minimum absolute atomic E-state index is 0.0618. The highest BCUT2D eigenvalue weighted by molar-refractivity contribution is 7.88. The number of nitrogen functional groups attached to an aromatic ring is 1. The van der Waals surface area contributed by atoms with Crippen LogP contribution < -0.4 is 21.7 Å². The zero-order valence-electron chi connectivity index (χ0n) is 15.2. The Labute approximate surface area is 151 Å². The molecule has 0 aromatic carbocycles. The van der Waals surface area contributed by atoms with E-state index in [0.29, 0.717) is 6.54 Å². The molecule has 1 saturated heterocycles. The Morgan fingerprint density at radius 3 is 2.50 bits per heavy atom. The Balaban J connectivity index is 2.25. The normalized spacial score (nSPS) is 18.8. The third-order valence-corrected chi connectivity index (χ3v) is 5.36. The third kappa shape index (κ3) is 4.40. The van der Waals surface area contributed by atoms with Gasteiger partial charge in [0.05, 0.1) is 12.8 Å². The number of nitrogens with zero attached hydrogens (tertiary/aromatic N) is 3. The summed E-state index contributed by atoms with van der Waals surface area (Å²) in [4.78, 5) is 38.8. The maximum atomic E-state index is 12.7. The average Bonchev–Trinajstić information content (AvgIpc) is 2.57. The summed E-state index contributed by atoms with van der Waals surface area (Å²) in [5.41, 5.74) is 4.29. The van der Waals surface area contributed by atoms with Gasteiger partial charge in [0.2, 0.25) is 10.0 Å². The van der Waals surface area contributed by atoms with Crippen LogP contribution in [-0.4, -0.2) is 60.2 Å². The Morgan fingerprint density at radius 2 is 1.88 bits per heavy atom. The molecule has 1 aliphatic rings. The first-order valence-electron chi connectivity index (χ1n) is 8.30. The number of likely N-dealkylation sites (tertiary alicyclic amines) is 1. The fraction of sp³-hybridized carbons (Fsp3) is 0.667. The van der Waals surface area contributed by atoms with Crippen molar-refractivity contribution in [3.8, 4) is 0 Å². The molecule has 1 aliphatic heterocycles. The Bertz CT molecular complexity index is 918. The molecule has 2 rings (SSSR count). The first kappa shape index (κ1) is 20.3. The lowest BCUT2D eigenvalue weighted by Crippen LogP contribution is -2.49. The quantitative estimate of drug-likeness (QED) is 0.553. The highest BCUT2D eigenvalue weighted by Crippen LogP contribution is 2.17. The smallest absolute Gasteiger partial charge is 0.332 e. The number of hydrogen-bond acceptors (Lipinski definition) is 7. The largest absolute Gasteiger partial charge is 0.384 e. The lowest BCUT2D eigenvalue weighted by molar-refractivity contribution is 0.0846. The van der Waals surface area contributed by atoms with Gasteiger partial charge in [0.25, 0.3) is 5.56 Å². The first-order valence-corrected chi connectivity index (χ1v) is 10.2. The van der Waals surface area contributed by atoms with Gasteiger partial charge in [0.15, 0.2) is 5.78 Å². The molecule has 26 heavy (non-hydrogen) atoms. The number of Topliss-reactive ketones (excluding diaryl/α,β-unsaturated/α-hetero) is 1. The van der Waals surface area contributed by atoms with Crippen LogP contribution in [0.2, 0.25) is 0 Å². The van der Waals surface area contributed by atoms with E-state index in [1.807, 2.05) is 4.90 Å². The van der Waals surface area contributed by atoms with Crippen molar-refractivity contribution in [3.05, 3.63) is 26.4 Å². The minimum atomic E-state index is -3.33. The fourth-order valence-corrected chi connectivity index (χ4v) is 3.63. The Kier molecular flexibility index (Phi) is 6.04. The first-order chi connectivity index (χ1) is 12.0. The fourth-order valence-electron chi connectivity index (χ4n) is 3.13. The molecule has 0 aliphatic carbocycles. The monoisotopic (exact) mass is 387 g/mol. The molecule has 0 spiro atoms. The lowest BCUT2D eigenvalue weighted by Gasteiger charge is -2.35. The average molecular weight is 387 g/mol. The second-order valence-electron chi connectivity index (χ2n) is 6.63. The molecule has 0 saturated carbocycles. The standard InChI is InChI=1S/C15H25N5O5S/c1-18-13(16)12(14(22)19(2)15(18)23)11(21)9-20-7-5-4-6-10(20)8-17-26(3,24)25/h10,17H,4-9,16H2,1-3H3/t10-/m0/s1. The lowest BCUT2D eigenvalue weighted by atomic mass is 10.0. The van der Waals surface area contributed by atoms with Gasteiger partial charge in [-0.15, -0.1) is 0 Å². The predicted molar refractivity (Wildman–Crippen MR) is 97.7 cm³/mol. The van der Waals surface area contributed by atoms with Gasteiger partial charge in [0.1, 0.15) is 11.4 Å². The van der Waals surface area contributed by atoms with E-state index in [9.17, 15) is 22.8 Å². The van der Waals surface area contributed by atoms with E-state index < -0.39 is 27.1 Å². The summed E-state index contributed by atoms with van der Waals surface area (Å²) < 4.78 is 27.0. The van der Waals surface area contributed by atoms with Crippen LogP contribution in [-0.2, 0) is 24.1 Å². The second kappa shape index (κ2) is 7.72. The van der Waals surface area contributed by atoms with Crippen molar-refractivity contribution in [2.24, 2.45) is 14.1 Å². The molecule has 0 amide bonds. The zero-order chi connectivity index (χ0) is 19.6. The van der Waals surface area contributed by atoms with Crippen molar-refractivity contribution < 1.29 is 13.2 Å². The van der Waals surface area contributed by atoms with E-state index in [-0.39, 0.29) is 30.5 Å². The summed E-state index contributed by atoms with van der Waals surface area (Å²) in [7, 11) is -0.641. The number of carbonyl (C=O) groups is 1. The molecule has 10 nitrogen and oxygen atoms in total. The van der Waals surface area contributed by atoms with Crippen LogP contribution in [0, 0.1) is 0 Å². The van der Waals surface area contributed by atoms with E-state index >= 15 is 0 Å². The summed E-state index contributed by atoms with van der Waals surface area (Å²) in [6.07, 6.45) is 3.64. The maximum absolute atomic E-state index is 12.7. The van der Waals surface area contributed by atoms with E-state index in [2.05, 4.69) is 4.72 Å². The number of hydrogen-bond donors (Lipinski definition) is 2. The SMILES string of the molecule is Cn1c(N)c(C(=O)CN2CCCC[C@H]2CNS(C)(=O)=O)c(=O)n(C)c1=O. The number of nitrogens with one attached hydrogen (secondary N) is 1. The molecule has 3 N–H and O–H groups in total. The van der Waals surface area contributed by atoms with Crippen molar-refractivity contribution >= 4 is 21.6 Å². The number of nitrogens with two attached hydrogens (primary N) is 1. The van der Waals surface area contributed by atoms with Crippen molar-refractivity contribution in [1.82, 2.24) is 18.8 Å². The maximum Gasteiger partial charge on any atom is 0.332 e. The van der Waals surface area contributed by atoms with Gasteiger partial charge in [0, 0.05) is 26.7 Å². The Hall–Kier alpha value is -1.98. The van der Waals surface area contributed by atoms with Crippen LogP contribution in [0.3, 0.4) is 0 Å². The zero-order valence-corrected chi connectivity index (χ0v) is 16.0. The number of rotatable bonds is 6. The van der Waals surface area contributed by atoms with Crippen LogP contribution in [0.1, 0.15) is 29.6 Å². The topological polar surface area (TPSA) is 136 Å². The second-order valence-corrected chi connectivity index (χ2v) is 8.46. The van der Waals surface area contributed by atoms with Crippen molar-refractivity contribution in [3.63, 3.8) is 0 Å². The van der Waals surface area contributed by atoms with E-state index in [4.69, 9.17) is 5.73 Å². The highest BCUT2D eigenvalue weighted by Gasteiger charge is 2.28. The van der Waals surface area contributed by atoms with E-state index in [1.165, 1.54) is 14.1 Å². The molecule has 2 heterocycles. The molecular formula is C15H25N5O5S. The van der Waals surface area contributed by atoms with Crippen LogP contribution in [0.25, 0.3) is 0 Å². The van der Waals surface area contributed by atoms with Crippen molar-refractivity contribution in [2.75, 3.05) is 31.6 Å². The molecular weight excluding hydrogens is 362 g/mol. The van der Waals surface area contributed by atoms with Crippen LogP contribution in [0.5, 0.6) is 0 Å². The van der Waals surface area contributed by atoms with Gasteiger partial charge in [-0.1, -0.05) is 6.42 Å². The molecule has 0 unspecified atom stereocenters. The Morgan fingerprint density at radius 1 is 1.23 bits per heavy atom. The molecule has 1 aromatic heterocycles. The number of ketones is 1. The van der Waals surface area contributed by atoms with E-state index in [1.54, 1.807) is 0 Å². The van der Waals surface area contributed by atoms with Gasteiger partial charge in [-0.05, 0) is 19.4 Å². The highest BCUT2D eigenvalue weighted by atomic mass is 32.2. The molecule has 11 heteroatoms. The third-order valence-electron chi connectivity index (χ3n) is 4.67. The van der Waals surface area contributed by atoms with E-state index in [0.717, 1.165) is 34.7 Å². The van der Waals surface area contributed by atoms with Gasteiger partial charge in [-0.3, -0.25) is 23.6 Å². The number of piperidine rings is 1. The van der Waals surface area contributed by atoms with Gasteiger partial charge < -0.3 is 5.73 Å². The summed E-state index contributed by atoms with van der Waals surface area (Å²) in [5.74, 6) is -0.643. The summed E-state index contributed by atoms with van der Waals surface area (Å²) >= 11 is 0. The summed E-state index contributed by atoms with van der Waals surface area (Å²) in [6.45, 7) is 0.758. The predicted octanol–water partition coefficient (Wildman–Crippen LogP) is -1.75. The molecule has 1 aromatic rings. The molecule has 1 atom stereocenters. The van der Waals surface area contributed by atoms with Gasteiger partial charge >= 0.3 is 5.69 Å². The molecule has 0 radical (unpaired) electrons. The number of sulfonamides is 1. The molecule has 146 valence electrons. The number of anilines is 1. The molecule has 1 fully saturated rings. The van der Waals surface area contributed by atoms with Crippen molar-refractivity contribution in [1.29, 1.82) is 0 Å². The van der Waals surface area contributed by atoms with Crippen LogP contribution >= 0.6 is 0 Å². The molecule has 0 bridgehead atoms. The van der Waals surface area contributed by atoms with Gasteiger partial charge in [-0.25, -0.2) is 17.9 Å². The van der Waals surface area contributed by atoms with Crippen LogP contribution in [0.15, 0.2) is 9.59 Å². The number of aromatic nitrogens is 2. The summed E-state index contributed by atoms with van der Waals surface area (Å²) in [6, 6.07) is -0.139. The summed E-state index contributed by atoms with van der Waals surface area (Å²) in [5, 5.41) is 0. The van der Waals surface area contributed by atoms with Crippen LogP contribution in [0.4, 0.5) is 5.82 Å².